The summed E-state index contributed by atoms with van der Waals surface area (Å²) in [4.78, 5) is 0. The predicted molar refractivity (Wildman–Crippen MR) is 58.1 cm³/mol. The van der Waals surface area contributed by atoms with Gasteiger partial charge in [0.2, 0.25) is 0 Å². The Morgan fingerprint density at radius 1 is 1.18 bits per heavy atom. The second-order valence-corrected chi connectivity index (χ2v) is 4.18. The van der Waals surface area contributed by atoms with Crippen LogP contribution in [0, 0.1) is 0 Å². The van der Waals surface area contributed by atoms with Crippen LogP contribution in [0.4, 0.5) is 13.2 Å². The number of hydrogen-bond donors (Lipinski definition) is 2. The molecule has 96 valence electrons. The fraction of sp³-hybridized carbons (Fsp3) is 0.400. The maximum absolute atomic E-state index is 12.5. The van der Waals surface area contributed by atoms with Crippen molar-refractivity contribution in [2.45, 2.75) is 18.4 Å². The van der Waals surface area contributed by atoms with Crippen molar-refractivity contribution in [2.75, 3.05) is 5.88 Å². The first-order chi connectivity index (χ1) is 7.75. The van der Waals surface area contributed by atoms with Crippen molar-refractivity contribution in [1.29, 1.82) is 0 Å². The molecule has 0 fully saturated rings. The maximum atomic E-state index is 12.5. The molecule has 0 aromatic heterocycles. The van der Waals surface area contributed by atoms with Crippen LogP contribution < -0.4 is 0 Å². The zero-order chi connectivity index (χ0) is 13.2. The highest BCUT2D eigenvalue weighted by Crippen LogP contribution is 2.33. The van der Waals surface area contributed by atoms with Gasteiger partial charge in [0, 0.05) is 5.02 Å². The van der Waals surface area contributed by atoms with E-state index in [0.29, 0.717) is 0 Å². The normalized spacial score (nSPS) is 15.7. The van der Waals surface area contributed by atoms with Crippen LogP contribution in [0.15, 0.2) is 18.2 Å². The lowest BCUT2D eigenvalue weighted by molar-refractivity contribution is -0.137. The first-order valence-corrected chi connectivity index (χ1v) is 5.46. The summed E-state index contributed by atoms with van der Waals surface area (Å²) in [6.45, 7) is 0. The molecule has 0 aliphatic carbocycles. The molecule has 0 bridgehead atoms. The summed E-state index contributed by atoms with van der Waals surface area (Å²) in [5, 5.41) is 18.6. The van der Waals surface area contributed by atoms with E-state index in [9.17, 15) is 23.4 Å². The first-order valence-electron chi connectivity index (χ1n) is 4.55. The van der Waals surface area contributed by atoms with Crippen LogP contribution in [-0.2, 0) is 6.18 Å². The Labute approximate surface area is 106 Å². The van der Waals surface area contributed by atoms with Gasteiger partial charge in [-0.2, -0.15) is 13.2 Å². The Kier molecular flexibility index (Phi) is 4.66. The molecule has 1 aromatic carbocycles. The minimum absolute atomic E-state index is 0.127. The van der Waals surface area contributed by atoms with Gasteiger partial charge in [0.05, 0.1) is 17.5 Å². The van der Waals surface area contributed by atoms with E-state index in [1.54, 1.807) is 0 Å². The van der Waals surface area contributed by atoms with Gasteiger partial charge in [-0.05, 0) is 23.8 Å². The van der Waals surface area contributed by atoms with E-state index in [1.165, 1.54) is 0 Å². The number of halogens is 5. The van der Waals surface area contributed by atoms with E-state index in [0.717, 1.165) is 18.2 Å². The molecule has 2 atom stereocenters. The molecule has 0 amide bonds. The Balaban J connectivity index is 3.14. The second kappa shape index (κ2) is 5.44. The van der Waals surface area contributed by atoms with Gasteiger partial charge in [-0.3, -0.25) is 0 Å². The van der Waals surface area contributed by atoms with Crippen LogP contribution in [-0.4, -0.2) is 22.2 Å². The maximum Gasteiger partial charge on any atom is 0.416 e. The van der Waals surface area contributed by atoms with Crippen molar-refractivity contribution < 1.29 is 23.4 Å². The average Bonchev–Trinajstić information content (AvgIpc) is 2.25. The van der Waals surface area contributed by atoms with Crippen molar-refractivity contribution in [1.82, 2.24) is 0 Å². The predicted octanol–water partition coefficient (Wildman–Crippen LogP) is 2.99. The third kappa shape index (κ3) is 3.74. The number of hydrogen-bond acceptors (Lipinski definition) is 2. The molecule has 17 heavy (non-hydrogen) atoms. The number of aliphatic hydroxyl groups excluding tert-OH is 2. The molecule has 0 saturated carbocycles. The highest BCUT2D eigenvalue weighted by molar-refractivity contribution is 6.30. The largest absolute Gasteiger partial charge is 0.416 e. The van der Waals surface area contributed by atoms with Gasteiger partial charge < -0.3 is 10.2 Å². The average molecular weight is 289 g/mol. The standard InChI is InChI=1S/C10H9Cl2F3O2/c11-4-8(16)9(17)5-1-6(10(13,14)15)3-7(12)2-5/h1-3,8-9,16-17H,4H2. The summed E-state index contributed by atoms with van der Waals surface area (Å²) >= 11 is 10.8. The zero-order valence-electron chi connectivity index (χ0n) is 8.38. The van der Waals surface area contributed by atoms with Crippen LogP contribution in [0.3, 0.4) is 0 Å². The van der Waals surface area contributed by atoms with Gasteiger partial charge in [0.1, 0.15) is 6.10 Å². The van der Waals surface area contributed by atoms with Crippen molar-refractivity contribution in [3.05, 3.63) is 34.3 Å². The summed E-state index contributed by atoms with van der Waals surface area (Å²) in [6, 6.07) is 2.62. The van der Waals surface area contributed by atoms with E-state index >= 15 is 0 Å². The molecular formula is C10H9Cl2F3O2. The molecule has 2 nitrogen and oxygen atoms in total. The number of rotatable bonds is 3. The van der Waals surface area contributed by atoms with Crippen molar-refractivity contribution in [2.24, 2.45) is 0 Å². The third-order valence-corrected chi connectivity index (χ3v) is 2.65. The van der Waals surface area contributed by atoms with Crippen LogP contribution in [0.25, 0.3) is 0 Å². The molecule has 1 rings (SSSR count). The first kappa shape index (κ1) is 14.6. The van der Waals surface area contributed by atoms with Gasteiger partial charge in [-0.15, -0.1) is 11.6 Å². The Morgan fingerprint density at radius 2 is 1.76 bits per heavy atom. The smallest absolute Gasteiger partial charge is 0.389 e. The molecule has 0 heterocycles. The monoisotopic (exact) mass is 288 g/mol. The number of alkyl halides is 4. The van der Waals surface area contributed by atoms with E-state index in [-0.39, 0.29) is 16.5 Å². The van der Waals surface area contributed by atoms with E-state index in [2.05, 4.69) is 0 Å². The Morgan fingerprint density at radius 3 is 2.24 bits per heavy atom. The van der Waals surface area contributed by atoms with Crippen LogP contribution in [0.1, 0.15) is 17.2 Å². The second-order valence-electron chi connectivity index (χ2n) is 3.44. The zero-order valence-corrected chi connectivity index (χ0v) is 9.89. The Hall–Kier alpha value is -0.490. The molecule has 0 saturated heterocycles. The van der Waals surface area contributed by atoms with Crippen LogP contribution >= 0.6 is 23.2 Å². The molecule has 0 aliphatic rings. The number of aliphatic hydroxyl groups is 2. The lowest BCUT2D eigenvalue weighted by Gasteiger charge is -2.17. The summed E-state index contributed by atoms with van der Waals surface area (Å²) in [5.41, 5.74) is -1.11. The minimum atomic E-state index is -4.56. The van der Waals surface area contributed by atoms with Crippen molar-refractivity contribution in [3.8, 4) is 0 Å². The van der Waals surface area contributed by atoms with Gasteiger partial charge in [0.25, 0.3) is 0 Å². The van der Waals surface area contributed by atoms with Gasteiger partial charge in [-0.25, -0.2) is 0 Å². The fourth-order valence-electron chi connectivity index (χ4n) is 1.25. The van der Waals surface area contributed by atoms with E-state index < -0.39 is 23.9 Å². The molecule has 1 aromatic rings. The molecule has 0 radical (unpaired) electrons. The minimum Gasteiger partial charge on any atom is -0.389 e. The topological polar surface area (TPSA) is 40.5 Å². The van der Waals surface area contributed by atoms with Crippen LogP contribution in [0.2, 0.25) is 5.02 Å². The van der Waals surface area contributed by atoms with Crippen molar-refractivity contribution in [3.63, 3.8) is 0 Å². The van der Waals surface area contributed by atoms with Crippen LogP contribution in [0.5, 0.6) is 0 Å². The quantitative estimate of drug-likeness (QED) is 0.840. The highest BCUT2D eigenvalue weighted by atomic mass is 35.5. The molecular weight excluding hydrogens is 280 g/mol. The molecule has 7 heteroatoms. The number of benzene rings is 1. The summed E-state index contributed by atoms with van der Waals surface area (Å²) in [5.74, 6) is -0.297. The van der Waals surface area contributed by atoms with E-state index in [1.807, 2.05) is 0 Å². The fourth-order valence-corrected chi connectivity index (χ4v) is 1.67. The van der Waals surface area contributed by atoms with Gasteiger partial charge >= 0.3 is 6.18 Å². The molecule has 0 aliphatic heterocycles. The SMILES string of the molecule is OC(CCl)C(O)c1cc(Cl)cc(C(F)(F)F)c1. The summed E-state index contributed by atoms with van der Waals surface area (Å²) in [7, 11) is 0. The summed E-state index contributed by atoms with van der Waals surface area (Å²) < 4.78 is 37.4. The molecule has 0 spiro atoms. The lowest BCUT2D eigenvalue weighted by Crippen LogP contribution is -2.20. The summed E-state index contributed by atoms with van der Waals surface area (Å²) in [6.07, 6.45) is -7.42. The lowest BCUT2D eigenvalue weighted by atomic mass is 10.0. The molecule has 2 N–H and O–H groups in total. The van der Waals surface area contributed by atoms with E-state index in [4.69, 9.17) is 23.2 Å². The van der Waals surface area contributed by atoms with Crippen molar-refractivity contribution >= 4 is 23.2 Å². The highest BCUT2D eigenvalue weighted by Gasteiger charge is 2.32. The molecule has 2 unspecified atom stereocenters. The third-order valence-electron chi connectivity index (χ3n) is 2.11. The Bertz CT molecular complexity index is 396. The van der Waals surface area contributed by atoms with Gasteiger partial charge in [-0.1, -0.05) is 11.6 Å². The van der Waals surface area contributed by atoms with Gasteiger partial charge in [0.15, 0.2) is 0 Å².